The van der Waals surface area contributed by atoms with Crippen LogP contribution in [0.5, 0.6) is 0 Å². The Morgan fingerprint density at radius 1 is 0.963 bits per heavy atom. The summed E-state index contributed by atoms with van der Waals surface area (Å²) in [5.74, 6) is 1.05. The van der Waals surface area contributed by atoms with Gasteiger partial charge in [0.1, 0.15) is 5.76 Å². The number of carbonyl (C=O) groups excluding carboxylic acids is 2. The summed E-state index contributed by atoms with van der Waals surface area (Å²) in [5, 5.41) is 0.228. The lowest BCUT2D eigenvalue weighted by molar-refractivity contribution is -0.113. The Hall–Kier alpha value is -2.18. The van der Waals surface area contributed by atoms with E-state index in [1.54, 1.807) is 30.3 Å². The summed E-state index contributed by atoms with van der Waals surface area (Å²) in [4.78, 5) is 28.8. The van der Waals surface area contributed by atoms with Crippen LogP contribution in [0.15, 0.2) is 45.7 Å². The fraction of sp³-hybridized carbons (Fsp3) is 0.300. The number of carbonyl (C=O) groups is 2. The first kappa shape index (κ1) is 18.2. The van der Waals surface area contributed by atoms with Crippen LogP contribution in [-0.4, -0.2) is 24.2 Å². The molecular formula is C20H19ClN2O3S. The third kappa shape index (κ3) is 3.92. The molecule has 2 fully saturated rings. The SMILES string of the molecule is O=C1S/C(=C/c2ccc(N3CCCCCC3)o2)C(=O)N1c1ccc(Cl)cc1. The molecule has 1 aromatic heterocycles. The maximum atomic E-state index is 12.7. The maximum Gasteiger partial charge on any atom is 0.298 e. The van der Waals surface area contributed by atoms with Crippen LogP contribution in [0.25, 0.3) is 6.08 Å². The van der Waals surface area contributed by atoms with Crippen molar-refractivity contribution >= 4 is 52.2 Å². The van der Waals surface area contributed by atoms with Gasteiger partial charge in [0, 0.05) is 30.3 Å². The summed E-state index contributed by atoms with van der Waals surface area (Å²) in [5.41, 5.74) is 0.509. The molecule has 0 atom stereocenters. The Labute approximate surface area is 167 Å². The first-order valence-electron chi connectivity index (χ1n) is 9.00. The van der Waals surface area contributed by atoms with Gasteiger partial charge in [0.2, 0.25) is 0 Å². The van der Waals surface area contributed by atoms with Gasteiger partial charge in [0.05, 0.1) is 10.6 Å². The van der Waals surface area contributed by atoms with Crippen molar-refractivity contribution in [2.75, 3.05) is 22.9 Å². The third-order valence-electron chi connectivity index (χ3n) is 4.68. The second kappa shape index (κ2) is 7.82. The molecule has 4 rings (SSSR count). The molecule has 0 aliphatic carbocycles. The van der Waals surface area contributed by atoms with Crippen molar-refractivity contribution in [3.63, 3.8) is 0 Å². The van der Waals surface area contributed by atoms with E-state index >= 15 is 0 Å². The monoisotopic (exact) mass is 402 g/mol. The Morgan fingerprint density at radius 2 is 1.67 bits per heavy atom. The van der Waals surface area contributed by atoms with Gasteiger partial charge in [-0.3, -0.25) is 9.59 Å². The maximum absolute atomic E-state index is 12.7. The second-order valence-electron chi connectivity index (χ2n) is 6.57. The number of furan rings is 1. The minimum atomic E-state index is -0.347. The first-order chi connectivity index (χ1) is 13.1. The van der Waals surface area contributed by atoms with Crippen LogP contribution in [0.2, 0.25) is 5.02 Å². The van der Waals surface area contributed by atoms with E-state index in [0.717, 1.165) is 48.5 Å². The van der Waals surface area contributed by atoms with E-state index in [2.05, 4.69) is 4.90 Å². The summed E-state index contributed by atoms with van der Waals surface area (Å²) in [7, 11) is 0. The molecule has 2 amide bonds. The number of rotatable bonds is 3. The number of anilines is 2. The van der Waals surface area contributed by atoms with Crippen LogP contribution in [0.3, 0.4) is 0 Å². The molecule has 3 heterocycles. The largest absolute Gasteiger partial charge is 0.441 e. The fourth-order valence-electron chi connectivity index (χ4n) is 3.29. The van der Waals surface area contributed by atoms with E-state index in [4.69, 9.17) is 16.0 Å². The highest BCUT2D eigenvalue weighted by Gasteiger charge is 2.36. The molecule has 0 N–H and O–H groups in total. The normalized spacial score (nSPS) is 19.8. The number of hydrogen-bond acceptors (Lipinski definition) is 5. The highest BCUT2D eigenvalue weighted by Crippen LogP contribution is 2.36. The van der Waals surface area contributed by atoms with Crippen molar-refractivity contribution < 1.29 is 14.0 Å². The molecule has 1 aromatic carbocycles. The van der Waals surface area contributed by atoms with E-state index < -0.39 is 0 Å². The molecule has 0 unspecified atom stereocenters. The number of hydrogen-bond donors (Lipinski definition) is 0. The number of nitrogens with zero attached hydrogens (tertiary/aromatic N) is 2. The van der Waals surface area contributed by atoms with E-state index in [1.807, 2.05) is 12.1 Å². The smallest absolute Gasteiger partial charge is 0.298 e. The Balaban J connectivity index is 1.53. The van der Waals surface area contributed by atoms with Crippen molar-refractivity contribution in [3.05, 3.63) is 52.1 Å². The quantitative estimate of drug-likeness (QED) is 0.629. The van der Waals surface area contributed by atoms with Crippen molar-refractivity contribution in [1.82, 2.24) is 0 Å². The summed E-state index contributed by atoms with van der Waals surface area (Å²) < 4.78 is 5.92. The van der Waals surface area contributed by atoms with Gasteiger partial charge in [0.15, 0.2) is 5.88 Å². The van der Waals surface area contributed by atoms with Crippen LogP contribution < -0.4 is 9.80 Å². The van der Waals surface area contributed by atoms with Crippen molar-refractivity contribution in [3.8, 4) is 0 Å². The zero-order chi connectivity index (χ0) is 18.8. The van der Waals surface area contributed by atoms with Gasteiger partial charge in [-0.05, 0) is 54.9 Å². The van der Waals surface area contributed by atoms with Gasteiger partial charge in [-0.1, -0.05) is 24.4 Å². The van der Waals surface area contributed by atoms with Crippen molar-refractivity contribution in [2.45, 2.75) is 25.7 Å². The molecule has 2 aliphatic rings. The zero-order valence-electron chi connectivity index (χ0n) is 14.7. The second-order valence-corrected chi connectivity index (χ2v) is 8.00. The lowest BCUT2D eigenvalue weighted by Gasteiger charge is -2.18. The Morgan fingerprint density at radius 3 is 2.37 bits per heavy atom. The Bertz CT molecular complexity index is 883. The number of thioether (sulfide) groups is 1. The molecule has 0 radical (unpaired) electrons. The highest BCUT2D eigenvalue weighted by atomic mass is 35.5. The van der Waals surface area contributed by atoms with Gasteiger partial charge in [-0.25, -0.2) is 4.90 Å². The van der Waals surface area contributed by atoms with Crippen LogP contribution in [-0.2, 0) is 4.79 Å². The lowest BCUT2D eigenvalue weighted by Crippen LogP contribution is -2.27. The van der Waals surface area contributed by atoms with Gasteiger partial charge < -0.3 is 9.32 Å². The summed E-state index contributed by atoms with van der Waals surface area (Å²) >= 11 is 6.80. The molecule has 2 aromatic rings. The third-order valence-corrected chi connectivity index (χ3v) is 5.80. The fourth-order valence-corrected chi connectivity index (χ4v) is 4.24. The van der Waals surface area contributed by atoms with E-state index in [9.17, 15) is 9.59 Å². The summed E-state index contributed by atoms with van der Waals surface area (Å²) in [6.45, 7) is 1.97. The molecular weight excluding hydrogens is 384 g/mol. The molecule has 5 nitrogen and oxygen atoms in total. The van der Waals surface area contributed by atoms with Crippen LogP contribution >= 0.6 is 23.4 Å². The number of halogens is 1. The minimum absolute atomic E-state index is 0.326. The topological polar surface area (TPSA) is 53.8 Å². The standard InChI is InChI=1S/C20H19ClN2O3S/c21-14-5-7-15(8-6-14)23-19(24)17(27-20(23)25)13-16-9-10-18(26-16)22-11-3-1-2-4-12-22/h5-10,13H,1-4,11-12H2/b17-13+. The molecule has 0 saturated carbocycles. The van der Waals surface area contributed by atoms with Crippen LogP contribution in [0.1, 0.15) is 31.4 Å². The average Bonchev–Trinajstić information content (AvgIpc) is 3.10. The van der Waals surface area contributed by atoms with Crippen molar-refractivity contribution in [1.29, 1.82) is 0 Å². The van der Waals surface area contributed by atoms with Gasteiger partial charge in [0.25, 0.3) is 11.1 Å². The predicted octanol–water partition coefficient (Wildman–Crippen LogP) is 5.55. The highest BCUT2D eigenvalue weighted by molar-refractivity contribution is 8.19. The van der Waals surface area contributed by atoms with Gasteiger partial charge in [-0.15, -0.1) is 0 Å². The molecule has 0 bridgehead atoms. The first-order valence-corrected chi connectivity index (χ1v) is 10.2. The molecule has 140 valence electrons. The zero-order valence-corrected chi connectivity index (χ0v) is 16.3. The average molecular weight is 403 g/mol. The molecule has 2 saturated heterocycles. The van der Waals surface area contributed by atoms with E-state index in [0.29, 0.717) is 21.4 Å². The molecule has 27 heavy (non-hydrogen) atoms. The lowest BCUT2D eigenvalue weighted by atomic mass is 10.2. The predicted molar refractivity (Wildman–Crippen MR) is 109 cm³/mol. The van der Waals surface area contributed by atoms with E-state index in [-0.39, 0.29) is 11.1 Å². The molecule has 2 aliphatic heterocycles. The number of imide groups is 1. The van der Waals surface area contributed by atoms with Gasteiger partial charge >= 0.3 is 0 Å². The number of benzene rings is 1. The number of amides is 2. The summed E-state index contributed by atoms with van der Waals surface area (Å²) in [6.07, 6.45) is 6.47. The Kier molecular flexibility index (Phi) is 5.27. The molecule has 0 spiro atoms. The molecule has 7 heteroatoms. The van der Waals surface area contributed by atoms with Gasteiger partial charge in [-0.2, -0.15) is 0 Å². The summed E-state index contributed by atoms with van der Waals surface area (Å²) in [6, 6.07) is 10.4. The van der Waals surface area contributed by atoms with Crippen LogP contribution in [0, 0.1) is 0 Å². The minimum Gasteiger partial charge on any atom is -0.441 e. The van der Waals surface area contributed by atoms with Crippen LogP contribution in [0.4, 0.5) is 16.4 Å². The van der Waals surface area contributed by atoms with E-state index in [1.165, 1.54) is 12.8 Å². The van der Waals surface area contributed by atoms with Crippen molar-refractivity contribution in [2.24, 2.45) is 0 Å².